The van der Waals surface area contributed by atoms with Crippen LogP contribution in [-0.2, 0) is 14.9 Å². The second-order valence-corrected chi connectivity index (χ2v) is 5.17. The fourth-order valence-electron chi connectivity index (χ4n) is 1.32. The number of ether oxygens (including phenoxy) is 1. The molecule has 8 heteroatoms. The van der Waals surface area contributed by atoms with Gasteiger partial charge in [0.15, 0.2) is 0 Å². The molecule has 0 bridgehead atoms. The van der Waals surface area contributed by atoms with E-state index in [2.05, 4.69) is 21.3 Å². The zero-order valence-electron chi connectivity index (χ0n) is 11.1. The fourth-order valence-corrected chi connectivity index (χ4v) is 2.13. The van der Waals surface area contributed by atoms with Gasteiger partial charge in [0.25, 0.3) is 0 Å². The lowest BCUT2D eigenvalue weighted by atomic mass is 10.1. The van der Waals surface area contributed by atoms with Crippen LogP contribution >= 0.6 is 0 Å². The Kier molecular flexibility index (Phi) is 5.37. The van der Waals surface area contributed by atoms with E-state index in [1.54, 1.807) is 29.8 Å². The van der Waals surface area contributed by atoms with Gasteiger partial charge in [-0.1, -0.05) is 17.9 Å². The number of methoxy groups -OCH3 is 1. The van der Waals surface area contributed by atoms with Gasteiger partial charge < -0.3 is 10.5 Å². The summed E-state index contributed by atoms with van der Waals surface area (Å²) in [6.07, 6.45) is -1.08. The molecular weight excluding hydrogens is 282 g/mol. The molecule has 1 rings (SSSR count). The van der Waals surface area contributed by atoms with Gasteiger partial charge in [-0.2, -0.15) is 8.42 Å². The number of hydrogen-bond donors (Lipinski definition) is 3. The molecule has 0 aliphatic rings. The molecule has 0 radical (unpaired) electrons. The lowest BCUT2D eigenvalue weighted by Crippen LogP contribution is -2.35. The average Bonchev–Trinajstić information content (AvgIpc) is 2.36. The molecule has 7 nitrogen and oxygen atoms in total. The molecule has 0 aliphatic carbocycles. The predicted molar refractivity (Wildman–Crippen MR) is 75.2 cm³/mol. The molecule has 108 valence electrons. The van der Waals surface area contributed by atoms with E-state index < -0.39 is 16.3 Å². The van der Waals surface area contributed by atoms with E-state index >= 15 is 0 Å². The predicted octanol–water partition coefficient (Wildman–Crippen LogP) is 0.318. The lowest BCUT2D eigenvalue weighted by Gasteiger charge is -2.10. The molecule has 0 saturated carbocycles. The van der Waals surface area contributed by atoms with Crippen molar-refractivity contribution in [1.29, 1.82) is 0 Å². The van der Waals surface area contributed by atoms with Crippen molar-refractivity contribution in [3.8, 4) is 11.8 Å². The Balaban J connectivity index is 3.07. The molecule has 4 N–H and O–H groups in total. The Morgan fingerprint density at radius 3 is 2.75 bits per heavy atom. The molecule has 0 saturated heterocycles. The van der Waals surface area contributed by atoms with Gasteiger partial charge >= 0.3 is 16.3 Å². The monoisotopic (exact) mass is 297 g/mol. The van der Waals surface area contributed by atoms with Crippen LogP contribution in [-0.4, -0.2) is 28.2 Å². The molecule has 0 aliphatic heterocycles. The van der Waals surface area contributed by atoms with Crippen LogP contribution in [0.1, 0.15) is 11.1 Å². The zero-order chi connectivity index (χ0) is 15.2. The third kappa shape index (κ3) is 4.79. The maximum Gasteiger partial charge on any atom is 0.422 e. The van der Waals surface area contributed by atoms with Crippen molar-refractivity contribution >= 4 is 22.0 Å². The van der Waals surface area contributed by atoms with E-state index in [-0.39, 0.29) is 12.2 Å². The fraction of sp³-hybridized carbons (Fsp3) is 0.250. The highest BCUT2D eigenvalue weighted by molar-refractivity contribution is 7.91. The molecule has 1 aromatic carbocycles. The van der Waals surface area contributed by atoms with Crippen molar-refractivity contribution in [2.75, 3.05) is 18.4 Å². The summed E-state index contributed by atoms with van der Waals surface area (Å²) in [5.74, 6) is 5.38. The van der Waals surface area contributed by atoms with E-state index in [0.29, 0.717) is 5.56 Å². The van der Waals surface area contributed by atoms with Crippen LogP contribution in [0.15, 0.2) is 18.2 Å². The van der Waals surface area contributed by atoms with E-state index in [1.165, 1.54) is 0 Å². The number of anilines is 1. The highest BCUT2D eigenvalue weighted by atomic mass is 32.2. The van der Waals surface area contributed by atoms with Crippen LogP contribution in [0.3, 0.4) is 0 Å². The summed E-state index contributed by atoms with van der Waals surface area (Å²) in [7, 11) is -3.02. The summed E-state index contributed by atoms with van der Waals surface area (Å²) in [6, 6.07) is 5.04. The van der Waals surface area contributed by atoms with Crippen LogP contribution in [0.5, 0.6) is 0 Å². The van der Waals surface area contributed by atoms with Gasteiger partial charge in [0.05, 0.1) is 19.3 Å². The van der Waals surface area contributed by atoms with Gasteiger partial charge in [0.2, 0.25) is 0 Å². The van der Waals surface area contributed by atoms with Gasteiger partial charge in [-0.25, -0.2) is 9.52 Å². The highest BCUT2D eigenvalue weighted by Crippen LogP contribution is 2.17. The van der Waals surface area contributed by atoms with Crippen LogP contribution in [0.2, 0.25) is 0 Å². The number of amides is 1. The Hall–Kier alpha value is -2.24. The number of carbonyl (C=O) groups is 1. The quantitative estimate of drug-likeness (QED) is 0.696. The molecule has 0 atom stereocenters. The van der Waals surface area contributed by atoms with Crippen molar-refractivity contribution < 1.29 is 17.9 Å². The largest absolute Gasteiger partial charge is 0.452 e. The third-order valence-electron chi connectivity index (χ3n) is 2.15. The van der Waals surface area contributed by atoms with Gasteiger partial charge in [-0.3, -0.25) is 4.72 Å². The van der Waals surface area contributed by atoms with Crippen molar-refractivity contribution in [2.24, 2.45) is 5.73 Å². The summed E-state index contributed by atoms with van der Waals surface area (Å²) in [4.78, 5) is 10.9. The number of nitrogens with one attached hydrogen (secondary N) is 2. The normalized spacial score (nSPS) is 10.2. The SMILES string of the molecule is COC(=O)NS(=O)(=O)Nc1cc(C)ccc1C#CCN. The highest BCUT2D eigenvalue weighted by Gasteiger charge is 2.16. The van der Waals surface area contributed by atoms with Gasteiger partial charge in [0.1, 0.15) is 0 Å². The van der Waals surface area contributed by atoms with E-state index in [0.717, 1.165) is 12.7 Å². The maximum atomic E-state index is 11.7. The number of benzene rings is 1. The molecule has 0 heterocycles. The minimum atomic E-state index is -4.08. The summed E-state index contributed by atoms with van der Waals surface area (Å²) >= 11 is 0. The molecular formula is C12H15N3O4S. The standard InChI is InChI=1S/C12H15N3O4S/c1-9-5-6-10(4-3-7-13)11(8-9)14-20(17,18)15-12(16)19-2/h5-6,8,14H,7,13H2,1-2H3,(H,15,16). The molecule has 1 amide bonds. The zero-order valence-corrected chi connectivity index (χ0v) is 11.9. The van der Waals surface area contributed by atoms with Crippen molar-refractivity contribution in [3.05, 3.63) is 29.3 Å². The molecule has 0 spiro atoms. The van der Waals surface area contributed by atoms with Gasteiger partial charge in [0, 0.05) is 5.56 Å². The lowest BCUT2D eigenvalue weighted by molar-refractivity contribution is 0.177. The van der Waals surface area contributed by atoms with Crippen molar-refractivity contribution in [2.45, 2.75) is 6.92 Å². The second-order valence-electron chi connectivity index (χ2n) is 3.75. The van der Waals surface area contributed by atoms with Crippen LogP contribution in [0.4, 0.5) is 10.5 Å². The third-order valence-corrected chi connectivity index (χ3v) is 3.07. The van der Waals surface area contributed by atoms with Crippen LogP contribution in [0.25, 0.3) is 0 Å². The van der Waals surface area contributed by atoms with Gasteiger partial charge in [-0.15, -0.1) is 0 Å². The van der Waals surface area contributed by atoms with Crippen molar-refractivity contribution in [3.63, 3.8) is 0 Å². The number of aryl methyl sites for hydroxylation is 1. The maximum absolute atomic E-state index is 11.7. The average molecular weight is 297 g/mol. The Morgan fingerprint density at radius 2 is 2.15 bits per heavy atom. The smallest absolute Gasteiger partial charge is 0.422 e. The number of hydrogen-bond acceptors (Lipinski definition) is 5. The molecule has 20 heavy (non-hydrogen) atoms. The number of nitrogens with two attached hydrogens (primary N) is 1. The van der Waals surface area contributed by atoms with Crippen molar-refractivity contribution in [1.82, 2.24) is 4.72 Å². The van der Waals surface area contributed by atoms with Gasteiger partial charge in [-0.05, 0) is 24.6 Å². The first-order valence-electron chi connectivity index (χ1n) is 5.56. The Morgan fingerprint density at radius 1 is 1.45 bits per heavy atom. The minimum Gasteiger partial charge on any atom is -0.452 e. The summed E-state index contributed by atoms with van der Waals surface area (Å²) in [5.41, 5.74) is 6.82. The molecule has 1 aromatic rings. The summed E-state index contributed by atoms with van der Waals surface area (Å²) in [6.45, 7) is 1.95. The summed E-state index contributed by atoms with van der Waals surface area (Å²) < 4.78 is 31.6. The Labute approximate surface area is 117 Å². The molecule has 0 fully saturated rings. The topological polar surface area (TPSA) is 111 Å². The van der Waals surface area contributed by atoms with Crippen LogP contribution in [0, 0.1) is 18.8 Å². The minimum absolute atomic E-state index is 0.153. The first-order valence-corrected chi connectivity index (χ1v) is 7.04. The van der Waals surface area contributed by atoms with Crippen LogP contribution < -0.4 is 15.2 Å². The second kappa shape index (κ2) is 6.79. The number of carbonyl (C=O) groups excluding carboxylic acids is 1. The summed E-state index contributed by atoms with van der Waals surface area (Å²) in [5, 5.41) is 0. The Bertz CT molecular complexity index is 659. The number of rotatable bonds is 3. The van der Waals surface area contributed by atoms with E-state index in [4.69, 9.17) is 5.73 Å². The van der Waals surface area contributed by atoms with E-state index in [9.17, 15) is 13.2 Å². The first kappa shape index (κ1) is 15.8. The van der Waals surface area contributed by atoms with E-state index in [1.807, 2.05) is 0 Å². The molecule has 0 aromatic heterocycles. The first-order chi connectivity index (χ1) is 9.38. The molecule has 0 unspecified atom stereocenters.